The zero-order valence-electron chi connectivity index (χ0n) is 8.28. The summed E-state index contributed by atoms with van der Waals surface area (Å²) < 4.78 is 20.7. The summed E-state index contributed by atoms with van der Waals surface area (Å²) in [5, 5.41) is 0. The summed E-state index contributed by atoms with van der Waals surface area (Å²) in [5.74, 6) is -0.690. The Bertz CT molecular complexity index is 527. The maximum Gasteiger partial charge on any atom is 0.257 e. The van der Waals surface area contributed by atoms with Crippen LogP contribution in [0.4, 0.5) is 5.69 Å². The number of rotatable bonds is 3. The van der Waals surface area contributed by atoms with E-state index in [2.05, 4.69) is 0 Å². The lowest BCUT2D eigenvalue weighted by Gasteiger charge is -2.16. The maximum atomic E-state index is 11.9. The van der Waals surface area contributed by atoms with Gasteiger partial charge in [-0.25, -0.2) is 8.42 Å². The van der Waals surface area contributed by atoms with Crippen molar-refractivity contribution in [1.82, 2.24) is 0 Å². The molecule has 0 aliphatic heterocycles. The lowest BCUT2D eigenvalue weighted by molar-refractivity contribution is 0.100. The fourth-order valence-electron chi connectivity index (χ4n) is 1.02. The summed E-state index contributed by atoms with van der Waals surface area (Å²) in [4.78, 5) is 11.9. The minimum Gasteiger partial charge on any atom is -0.399 e. The highest BCUT2D eigenvalue weighted by Crippen LogP contribution is 2.34. The van der Waals surface area contributed by atoms with Gasteiger partial charge in [-0.3, -0.25) is 4.79 Å². The Morgan fingerprint density at radius 1 is 1.50 bits per heavy atom. The minimum absolute atomic E-state index is 0.176. The van der Waals surface area contributed by atoms with Crippen LogP contribution in [0, 0.1) is 0 Å². The smallest absolute Gasteiger partial charge is 0.257 e. The van der Waals surface area contributed by atoms with Crippen molar-refractivity contribution in [2.45, 2.75) is 2.21 Å². The second kappa shape index (κ2) is 4.50. The number of alkyl halides is 2. The van der Waals surface area contributed by atoms with Crippen molar-refractivity contribution in [3.63, 3.8) is 0 Å². The van der Waals surface area contributed by atoms with E-state index in [1.165, 1.54) is 34.7 Å². The maximum absolute atomic E-state index is 11.9. The molecular formula is C9H9ClINO3S. The van der Waals surface area contributed by atoms with Crippen LogP contribution < -0.4 is 5.73 Å². The molecule has 0 aliphatic rings. The van der Waals surface area contributed by atoms with Crippen LogP contribution in [-0.2, 0) is 9.84 Å². The highest BCUT2D eigenvalue weighted by Gasteiger charge is 2.44. The Labute approximate surface area is 112 Å². The number of halogens is 2. The highest BCUT2D eigenvalue weighted by molar-refractivity contribution is 14.1. The number of hydrogen-bond acceptors (Lipinski definition) is 4. The van der Waals surface area contributed by atoms with Crippen molar-refractivity contribution in [1.29, 1.82) is 0 Å². The molecule has 0 spiro atoms. The molecule has 0 amide bonds. The Hall–Kier alpha value is -0.340. The van der Waals surface area contributed by atoms with E-state index >= 15 is 0 Å². The molecule has 0 heterocycles. The number of carbonyl (C=O) groups is 1. The summed E-state index contributed by atoms with van der Waals surface area (Å²) in [6.07, 6.45) is 0.913. The second-order valence-corrected chi connectivity index (χ2v) is 9.18. The summed E-state index contributed by atoms with van der Waals surface area (Å²) in [6, 6.07) is 6.03. The van der Waals surface area contributed by atoms with E-state index < -0.39 is 17.8 Å². The van der Waals surface area contributed by atoms with Crippen LogP contribution in [-0.4, -0.2) is 22.7 Å². The average molecular weight is 374 g/mol. The molecule has 0 radical (unpaired) electrons. The van der Waals surface area contributed by atoms with Crippen LogP contribution in [0.25, 0.3) is 0 Å². The first kappa shape index (κ1) is 13.7. The van der Waals surface area contributed by atoms with Crippen molar-refractivity contribution in [2.75, 3.05) is 12.0 Å². The van der Waals surface area contributed by atoms with Crippen molar-refractivity contribution < 1.29 is 13.2 Å². The van der Waals surface area contributed by atoms with Crippen LogP contribution in [0.5, 0.6) is 0 Å². The molecular weight excluding hydrogens is 365 g/mol. The molecule has 1 aromatic carbocycles. The van der Waals surface area contributed by atoms with Gasteiger partial charge in [-0.2, -0.15) is 0 Å². The highest BCUT2D eigenvalue weighted by atomic mass is 127. The predicted octanol–water partition coefficient (Wildman–Crippen LogP) is 1.82. The van der Waals surface area contributed by atoms with Crippen LogP contribution in [0.1, 0.15) is 10.4 Å². The van der Waals surface area contributed by atoms with Crippen LogP contribution in [0.3, 0.4) is 0 Å². The Morgan fingerprint density at radius 2 is 2.06 bits per heavy atom. The van der Waals surface area contributed by atoms with Gasteiger partial charge in [0.1, 0.15) is 0 Å². The number of carbonyl (C=O) groups excluding carboxylic acids is 1. The molecule has 0 fully saturated rings. The van der Waals surface area contributed by atoms with E-state index in [9.17, 15) is 13.2 Å². The number of Topliss-reactive ketones (excluding diaryl/α,β-unsaturated/α-hetero) is 1. The van der Waals surface area contributed by atoms with Gasteiger partial charge < -0.3 is 5.73 Å². The number of hydrogen-bond donors (Lipinski definition) is 1. The first-order valence-corrected chi connectivity index (χ1v) is 7.49. The molecule has 2 N–H and O–H groups in total. The largest absolute Gasteiger partial charge is 0.399 e. The van der Waals surface area contributed by atoms with Gasteiger partial charge in [-0.15, -0.1) is 0 Å². The molecule has 0 saturated carbocycles. The average Bonchev–Trinajstić information content (AvgIpc) is 2.14. The first-order chi connectivity index (χ1) is 7.16. The molecule has 1 rings (SSSR count). The fourth-order valence-corrected chi connectivity index (χ4v) is 1.89. The minimum atomic E-state index is -3.70. The molecule has 0 aliphatic carbocycles. The normalized spacial score (nSPS) is 15.4. The number of anilines is 1. The van der Waals surface area contributed by atoms with E-state index in [1.807, 2.05) is 0 Å². The van der Waals surface area contributed by atoms with Crippen molar-refractivity contribution in [3.05, 3.63) is 29.8 Å². The molecule has 7 heteroatoms. The summed E-state index contributed by atoms with van der Waals surface area (Å²) >= 11 is 7.17. The van der Waals surface area contributed by atoms with Crippen LogP contribution >= 0.6 is 34.2 Å². The van der Waals surface area contributed by atoms with Crippen LogP contribution in [0.15, 0.2) is 24.3 Å². The van der Waals surface area contributed by atoms with Crippen molar-refractivity contribution >= 4 is 55.5 Å². The van der Waals surface area contributed by atoms with Gasteiger partial charge in [-0.1, -0.05) is 23.7 Å². The van der Waals surface area contributed by atoms with E-state index in [-0.39, 0.29) is 5.56 Å². The molecule has 1 aromatic rings. The molecule has 16 heavy (non-hydrogen) atoms. The van der Waals surface area contributed by atoms with Crippen molar-refractivity contribution in [2.24, 2.45) is 0 Å². The third-order valence-electron chi connectivity index (χ3n) is 1.88. The zero-order valence-corrected chi connectivity index (χ0v) is 12.0. The topological polar surface area (TPSA) is 77.2 Å². The quantitative estimate of drug-likeness (QED) is 0.379. The van der Waals surface area contributed by atoms with E-state index in [1.54, 1.807) is 12.1 Å². The lowest BCUT2D eigenvalue weighted by Crippen LogP contribution is -2.34. The predicted molar refractivity (Wildman–Crippen MR) is 72.6 cm³/mol. The van der Waals surface area contributed by atoms with Gasteiger partial charge in [-0.05, 0) is 34.7 Å². The van der Waals surface area contributed by atoms with Gasteiger partial charge >= 0.3 is 0 Å². The second-order valence-electron chi connectivity index (χ2n) is 3.24. The van der Waals surface area contributed by atoms with Gasteiger partial charge in [0, 0.05) is 17.5 Å². The van der Waals surface area contributed by atoms with Gasteiger partial charge in [0.25, 0.3) is 2.21 Å². The van der Waals surface area contributed by atoms with Gasteiger partial charge in [0.05, 0.1) is 0 Å². The van der Waals surface area contributed by atoms with Gasteiger partial charge in [0.15, 0.2) is 9.84 Å². The fraction of sp³-hybridized carbons (Fsp3) is 0.222. The zero-order chi connectivity index (χ0) is 12.6. The molecule has 0 unspecified atom stereocenters. The number of nitrogens with two attached hydrogens (primary N) is 1. The Morgan fingerprint density at radius 3 is 2.50 bits per heavy atom. The van der Waals surface area contributed by atoms with E-state index in [0.29, 0.717) is 5.69 Å². The van der Waals surface area contributed by atoms with Gasteiger partial charge in [0.2, 0.25) is 5.78 Å². The number of nitrogen functional groups attached to an aromatic ring is 1. The van der Waals surface area contributed by atoms with Crippen molar-refractivity contribution in [3.8, 4) is 0 Å². The Kier molecular flexibility index (Phi) is 3.86. The number of ketones is 1. The first-order valence-electron chi connectivity index (χ1n) is 4.14. The Balaban J connectivity index is 3.23. The molecule has 1 atom stereocenters. The molecule has 4 nitrogen and oxygen atoms in total. The molecule has 0 saturated heterocycles. The van der Waals surface area contributed by atoms with E-state index in [4.69, 9.17) is 17.3 Å². The summed E-state index contributed by atoms with van der Waals surface area (Å²) in [5.41, 5.74) is 6.06. The standard InChI is InChI=1S/C9H9ClINO3S/c1-16(14,15)9(10,11)8(13)6-3-2-4-7(12)5-6/h2-5H,12H2,1H3/t9-/m0/s1. The van der Waals surface area contributed by atoms with Crippen LogP contribution in [0.2, 0.25) is 0 Å². The number of benzene rings is 1. The third kappa shape index (κ3) is 2.67. The monoisotopic (exact) mass is 373 g/mol. The van der Waals surface area contributed by atoms with E-state index in [0.717, 1.165) is 6.26 Å². The SMILES string of the molecule is CS(=O)(=O)[C@@](Cl)(I)C(=O)c1cccc(N)c1. The molecule has 0 bridgehead atoms. The molecule has 88 valence electrons. The number of sulfone groups is 1. The summed E-state index contributed by atoms with van der Waals surface area (Å²) in [6.45, 7) is 0. The summed E-state index contributed by atoms with van der Waals surface area (Å²) in [7, 11) is -3.70. The third-order valence-corrected chi connectivity index (χ3v) is 6.90. The molecule has 0 aromatic heterocycles. The lowest BCUT2D eigenvalue weighted by atomic mass is 10.1.